The molecule has 0 aliphatic heterocycles. The monoisotopic (exact) mass is 222 g/mol. The van der Waals surface area contributed by atoms with Crippen LogP contribution in [0.15, 0.2) is 26.8 Å². The van der Waals surface area contributed by atoms with Crippen molar-refractivity contribution in [3.8, 4) is 0 Å². The molecule has 0 radical (unpaired) electrons. The zero-order valence-corrected chi connectivity index (χ0v) is 9.21. The van der Waals surface area contributed by atoms with Crippen LogP contribution in [0.4, 0.5) is 5.69 Å². The van der Waals surface area contributed by atoms with Gasteiger partial charge in [-0.05, 0) is 30.8 Å². The maximum absolute atomic E-state index is 5.77. The first-order valence-corrected chi connectivity index (χ1v) is 5.18. The van der Waals surface area contributed by atoms with Crippen molar-refractivity contribution in [1.82, 2.24) is 15.2 Å². The number of rotatable bonds is 2. The van der Waals surface area contributed by atoms with Gasteiger partial charge in [0.15, 0.2) is 0 Å². The second-order valence-corrected chi connectivity index (χ2v) is 3.98. The number of hydrogen-bond donors (Lipinski definition) is 1. The molecule has 2 rings (SSSR count). The standard InChI is InChI=1S/C9H10N4OS/c1-5-3-4-7(10)8(11-5)15-9-13-12-6(2)14-9/h3-4H,10H2,1-2H3. The minimum Gasteiger partial charge on any atom is -0.416 e. The lowest BCUT2D eigenvalue weighted by atomic mass is 10.3. The molecular formula is C9H10N4OS. The lowest BCUT2D eigenvalue weighted by molar-refractivity contribution is 0.429. The van der Waals surface area contributed by atoms with Gasteiger partial charge in [0.2, 0.25) is 5.89 Å². The zero-order valence-electron chi connectivity index (χ0n) is 8.39. The maximum atomic E-state index is 5.77. The van der Waals surface area contributed by atoms with Crippen LogP contribution >= 0.6 is 11.8 Å². The molecule has 6 heteroatoms. The fraction of sp³-hybridized carbons (Fsp3) is 0.222. The van der Waals surface area contributed by atoms with E-state index in [0.29, 0.717) is 21.8 Å². The fourth-order valence-electron chi connectivity index (χ4n) is 1.03. The first-order chi connectivity index (χ1) is 7.15. The van der Waals surface area contributed by atoms with Gasteiger partial charge in [-0.15, -0.1) is 10.2 Å². The molecule has 2 N–H and O–H groups in total. The van der Waals surface area contributed by atoms with E-state index in [-0.39, 0.29) is 0 Å². The molecule has 78 valence electrons. The molecule has 0 amide bonds. The summed E-state index contributed by atoms with van der Waals surface area (Å²) in [5.41, 5.74) is 7.29. The maximum Gasteiger partial charge on any atom is 0.283 e. The first kappa shape index (κ1) is 9.97. The Morgan fingerprint density at radius 1 is 1.27 bits per heavy atom. The smallest absolute Gasteiger partial charge is 0.283 e. The molecular weight excluding hydrogens is 212 g/mol. The molecule has 0 aromatic carbocycles. The topological polar surface area (TPSA) is 77.8 Å². The molecule has 2 aromatic heterocycles. The minimum absolute atomic E-state index is 0.456. The molecule has 0 bridgehead atoms. The minimum atomic E-state index is 0.456. The highest BCUT2D eigenvalue weighted by Crippen LogP contribution is 2.29. The number of aromatic nitrogens is 3. The Hall–Kier alpha value is -1.56. The summed E-state index contributed by atoms with van der Waals surface area (Å²) in [4.78, 5) is 4.29. The highest BCUT2D eigenvalue weighted by Gasteiger charge is 2.09. The van der Waals surface area contributed by atoms with Crippen molar-refractivity contribution in [2.24, 2.45) is 0 Å². The number of nitrogen functional groups attached to an aromatic ring is 1. The Labute approximate surface area is 91.1 Å². The summed E-state index contributed by atoms with van der Waals surface area (Å²) >= 11 is 1.27. The summed E-state index contributed by atoms with van der Waals surface area (Å²) in [6.45, 7) is 3.65. The second kappa shape index (κ2) is 3.90. The van der Waals surface area contributed by atoms with Crippen molar-refractivity contribution in [3.05, 3.63) is 23.7 Å². The van der Waals surface area contributed by atoms with Crippen LogP contribution in [-0.2, 0) is 0 Å². The SMILES string of the molecule is Cc1ccc(N)c(Sc2nnc(C)o2)n1. The van der Waals surface area contributed by atoms with Gasteiger partial charge in [0, 0.05) is 12.6 Å². The second-order valence-electron chi connectivity index (χ2n) is 3.04. The highest BCUT2D eigenvalue weighted by atomic mass is 32.2. The van der Waals surface area contributed by atoms with Crippen molar-refractivity contribution >= 4 is 17.4 Å². The predicted octanol–water partition coefficient (Wildman–Crippen LogP) is 1.81. The Morgan fingerprint density at radius 3 is 2.73 bits per heavy atom. The van der Waals surface area contributed by atoms with Crippen LogP contribution in [-0.4, -0.2) is 15.2 Å². The van der Waals surface area contributed by atoms with Gasteiger partial charge in [-0.2, -0.15) is 0 Å². The lowest BCUT2D eigenvalue weighted by Crippen LogP contribution is -1.93. The number of anilines is 1. The third-order valence-corrected chi connectivity index (χ3v) is 2.58. The number of hydrogen-bond acceptors (Lipinski definition) is 6. The summed E-state index contributed by atoms with van der Waals surface area (Å²) in [7, 11) is 0. The molecule has 0 atom stereocenters. The first-order valence-electron chi connectivity index (χ1n) is 4.36. The van der Waals surface area contributed by atoms with E-state index in [1.54, 1.807) is 6.92 Å². The summed E-state index contributed by atoms with van der Waals surface area (Å²) in [6, 6.07) is 3.67. The summed E-state index contributed by atoms with van der Waals surface area (Å²) < 4.78 is 5.23. The Morgan fingerprint density at radius 2 is 2.07 bits per heavy atom. The number of aryl methyl sites for hydroxylation is 2. The van der Waals surface area contributed by atoms with Crippen LogP contribution in [0, 0.1) is 13.8 Å². The third-order valence-electron chi connectivity index (χ3n) is 1.72. The quantitative estimate of drug-likeness (QED) is 0.835. The molecule has 2 heterocycles. The van der Waals surface area contributed by atoms with Gasteiger partial charge in [-0.3, -0.25) is 0 Å². The molecule has 0 fully saturated rings. The van der Waals surface area contributed by atoms with E-state index in [9.17, 15) is 0 Å². The van der Waals surface area contributed by atoms with E-state index >= 15 is 0 Å². The van der Waals surface area contributed by atoms with E-state index < -0.39 is 0 Å². The van der Waals surface area contributed by atoms with Crippen molar-refractivity contribution in [2.75, 3.05) is 5.73 Å². The van der Waals surface area contributed by atoms with Gasteiger partial charge in [0.25, 0.3) is 5.22 Å². The van der Waals surface area contributed by atoms with Crippen LogP contribution < -0.4 is 5.73 Å². The Balaban J connectivity index is 2.27. The highest BCUT2D eigenvalue weighted by molar-refractivity contribution is 7.99. The van der Waals surface area contributed by atoms with Gasteiger partial charge in [0.1, 0.15) is 5.03 Å². The van der Waals surface area contributed by atoms with Crippen LogP contribution in [0.5, 0.6) is 0 Å². The van der Waals surface area contributed by atoms with E-state index in [2.05, 4.69) is 15.2 Å². The summed E-state index contributed by atoms with van der Waals surface area (Å²) in [5, 5.41) is 8.74. The number of nitrogens with zero attached hydrogens (tertiary/aromatic N) is 3. The molecule has 0 aliphatic rings. The largest absolute Gasteiger partial charge is 0.416 e. The van der Waals surface area contributed by atoms with E-state index in [0.717, 1.165) is 5.69 Å². The Bertz CT molecular complexity index is 483. The molecule has 0 aliphatic carbocycles. The van der Waals surface area contributed by atoms with Crippen molar-refractivity contribution in [2.45, 2.75) is 24.1 Å². The molecule has 5 nitrogen and oxygen atoms in total. The summed E-state index contributed by atoms with van der Waals surface area (Å²) in [5.74, 6) is 0.531. The van der Waals surface area contributed by atoms with Crippen molar-refractivity contribution in [1.29, 1.82) is 0 Å². The third kappa shape index (κ3) is 2.27. The lowest BCUT2D eigenvalue weighted by Gasteiger charge is -2.01. The average molecular weight is 222 g/mol. The van der Waals surface area contributed by atoms with E-state index in [1.807, 2.05) is 19.1 Å². The van der Waals surface area contributed by atoms with Crippen LogP contribution in [0.25, 0.3) is 0 Å². The van der Waals surface area contributed by atoms with Gasteiger partial charge >= 0.3 is 0 Å². The van der Waals surface area contributed by atoms with Crippen molar-refractivity contribution < 1.29 is 4.42 Å². The molecule has 15 heavy (non-hydrogen) atoms. The van der Waals surface area contributed by atoms with Gasteiger partial charge in [0.05, 0.1) is 5.69 Å². The number of pyridine rings is 1. The predicted molar refractivity (Wildman–Crippen MR) is 56.5 cm³/mol. The molecule has 0 saturated carbocycles. The molecule has 0 saturated heterocycles. The summed E-state index contributed by atoms with van der Waals surface area (Å²) in [6.07, 6.45) is 0. The normalized spacial score (nSPS) is 10.5. The molecule has 2 aromatic rings. The van der Waals surface area contributed by atoms with Crippen LogP contribution in [0.1, 0.15) is 11.6 Å². The van der Waals surface area contributed by atoms with E-state index in [1.165, 1.54) is 11.8 Å². The van der Waals surface area contributed by atoms with Crippen LogP contribution in [0.3, 0.4) is 0 Å². The van der Waals surface area contributed by atoms with E-state index in [4.69, 9.17) is 10.2 Å². The Kier molecular flexibility index (Phi) is 2.59. The van der Waals surface area contributed by atoms with Gasteiger partial charge in [-0.1, -0.05) is 0 Å². The van der Waals surface area contributed by atoms with Crippen LogP contribution in [0.2, 0.25) is 0 Å². The molecule has 0 unspecified atom stereocenters. The van der Waals surface area contributed by atoms with Gasteiger partial charge < -0.3 is 10.2 Å². The number of nitrogens with two attached hydrogens (primary N) is 1. The molecule has 0 spiro atoms. The fourth-order valence-corrected chi connectivity index (χ4v) is 1.81. The van der Waals surface area contributed by atoms with Crippen molar-refractivity contribution in [3.63, 3.8) is 0 Å². The van der Waals surface area contributed by atoms with Gasteiger partial charge in [-0.25, -0.2) is 4.98 Å². The zero-order chi connectivity index (χ0) is 10.8. The average Bonchev–Trinajstić information content (AvgIpc) is 2.58.